The van der Waals surface area contributed by atoms with Crippen LogP contribution in [0.1, 0.15) is 22.3 Å². The molecule has 7 heteroatoms. The van der Waals surface area contributed by atoms with E-state index in [0.717, 1.165) is 18.6 Å². The minimum Gasteiger partial charge on any atom is -0.488 e. The Morgan fingerprint density at radius 2 is 2.08 bits per heavy atom. The molecule has 26 heavy (non-hydrogen) atoms. The van der Waals surface area contributed by atoms with Gasteiger partial charge in [-0.1, -0.05) is 18.2 Å². The lowest BCUT2D eigenvalue weighted by Crippen LogP contribution is -2.45. The average molecular weight is 354 g/mol. The number of hydroxylamine groups is 1. The van der Waals surface area contributed by atoms with Crippen LogP contribution in [0.4, 0.5) is 5.69 Å². The topological polar surface area (TPSA) is 88.1 Å². The Hall–Kier alpha value is -3.06. The Morgan fingerprint density at radius 3 is 2.92 bits per heavy atom. The third-order valence-corrected chi connectivity index (χ3v) is 4.65. The van der Waals surface area contributed by atoms with Gasteiger partial charge in [-0.25, -0.2) is 5.48 Å². The first-order valence-corrected chi connectivity index (χ1v) is 8.42. The zero-order valence-electron chi connectivity index (χ0n) is 14.0. The number of fused-ring (bicyclic) bond motifs is 2. The van der Waals surface area contributed by atoms with E-state index in [1.807, 2.05) is 24.3 Å². The van der Waals surface area contributed by atoms with E-state index >= 15 is 0 Å². The van der Waals surface area contributed by atoms with Crippen molar-refractivity contribution >= 4 is 17.5 Å². The highest BCUT2D eigenvalue weighted by atomic mass is 16.5. The number of ether oxygens (including phenoxy) is 2. The van der Waals surface area contributed by atoms with Crippen molar-refractivity contribution in [1.82, 2.24) is 5.48 Å². The summed E-state index contributed by atoms with van der Waals surface area (Å²) < 4.78 is 11.5. The molecule has 0 fully saturated rings. The van der Waals surface area contributed by atoms with Gasteiger partial charge < -0.3 is 14.4 Å². The summed E-state index contributed by atoms with van der Waals surface area (Å²) in [5.41, 5.74) is 3.51. The molecule has 0 radical (unpaired) electrons. The third kappa shape index (κ3) is 2.97. The van der Waals surface area contributed by atoms with E-state index < -0.39 is 5.91 Å². The van der Waals surface area contributed by atoms with Crippen molar-refractivity contribution in [3.8, 4) is 11.5 Å². The lowest BCUT2D eigenvalue weighted by molar-refractivity contribution is -0.121. The van der Waals surface area contributed by atoms with Crippen molar-refractivity contribution < 1.29 is 24.3 Å². The number of hydrogen-bond donors (Lipinski definition) is 2. The van der Waals surface area contributed by atoms with Crippen molar-refractivity contribution in [3.63, 3.8) is 0 Å². The highest BCUT2D eigenvalue weighted by Crippen LogP contribution is 2.35. The van der Waals surface area contributed by atoms with E-state index in [1.54, 1.807) is 16.4 Å². The van der Waals surface area contributed by atoms with E-state index in [4.69, 9.17) is 14.7 Å². The predicted octanol–water partition coefficient (Wildman–Crippen LogP) is 1.92. The molecule has 0 saturated heterocycles. The van der Waals surface area contributed by atoms with Crippen LogP contribution in [-0.2, 0) is 11.2 Å². The van der Waals surface area contributed by atoms with Gasteiger partial charge in [0.1, 0.15) is 17.6 Å². The number of nitrogens with zero attached hydrogens (tertiary/aromatic N) is 1. The molecule has 1 atom stereocenters. The highest BCUT2D eigenvalue weighted by Gasteiger charge is 2.30. The maximum atomic E-state index is 12.4. The Kier molecular flexibility index (Phi) is 4.22. The first-order valence-electron chi connectivity index (χ1n) is 8.42. The monoisotopic (exact) mass is 354 g/mol. The number of nitrogens with one attached hydrogen (secondary N) is 1. The van der Waals surface area contributed by atoms with Crippen molar-refractivity contribution in [2.24, 2.45) is 0 Å². The number of anilines is 1. The fraction of sp³-hybridized carbons (Fsp3) is 0.263. The number of para-hydroxylation sites is 1. The second-order valence-corrected chi connectivity index (χ2v) is 6.30. The summed E-state index contributed by atoms with van der Waals surface area (Å²) in [5.74, 6) is 0.531. The molecule has 2 aliphatic rings. The van der Waals surface area contributed by atoms with E-state index in [2.05, 4.69) is 0 Å². The quantitative estimate of drug-likeness (QED) is 0.649. The Bertz CT molecular complexity index is 867. The maximum absolute atomic E-state index is 12.4. The van der Waals surface area contributed by atoms with Crippen molar-refractivity contribution in [3.05, 3.63) is 53.6 Å². The van der Waals surface area contributed by atoms with E-state index in [9.17, 15) is 9.59 Å². The van der Waals surface area contributed by atoms with E-state index in [-0.39, 0.29) is 24.2 Å². The minimum atomic E-state index is -0.645. The molecule has 2 heterocycles. The maximum Gasteiger partial charge on any atom is 0.274 e. The summed E-state index contributed by atoms with van der Waals surface area (Å²) in [5, 5.41) is 8.83. The third-order valence-electron chi connectivity index (χ3n) is 4.65. The Balaban J connectivity index is 1.59. The van der Waals surface area contributed by atoms with Gasteiger partial charge in [-0.3, -0.25) is 14.8 Å². The molecule has 2 aliphatic heterocycles. The molecule has 2 aromatic rings. The van der Waals surface area contributed by atoms with Crippen LogP contribution < -0.4 is 19.9 Å². The molecular weight excluding hydrogens is 336 g/mol. The van der Waals surface area contributed by atoms with Crippen LogP contribution in [0, 0.1) is 0 Å². The highest BCUT2D eigenvalue weighted by molar-refractivity contribution is 6.01. The van der Waals surface area contributed by atoms with Crippen LogP contribution in [0.3, 0.4) is 0 Å². The molecule has 0 saturated carbocycles. The summed E-state index contributed by atoms with van der Waals surface area (Å²) in [6.45, 7) is 0.315. The fourth-order valence-electron chi connectivity index (χ4n) is 3.32. The van der Waals surface area contributed by atoms with Crippen LogP contribution in [0.15, 0.2) is 42.5 Å². The molecule has 0 aromatic heterocycles. The number of amides is 2. The average Bonchev–Trinajstić information content (AvgIpc) is 2.69. The molecule has 2 N–H and O–H groups in total. The zero-order chi connectivity index (χ0) is 18.1. The fourth-order valence-corrected chi connectivity index (χ4v) is 3.32. The number of rotatable bonds is 3. The van der Waals surface area contributed by atoms with Gasteiger partial charge in [0.25, 0.3) is 11.8 Å². The number of aryl methyl sites for hydroxylation is 1. The first kappa shape index (κ1) is 16.4. The van der Waals surface area contributed by atoms with Gasteiger partial charge in [-0.15, -0.1) is 0 Å². The summed E-state index contributed by atoms with van der Waals surface area (Å²) in [4.78, 5) is 25.7. The summed E-state index contributed by atoms with van der Waals surface area (Å²) in [7, 11) is 0. The van der Waals surface area contributed by atoms with Gasteiger partial charge in [0.15, 0.2) is 6.61 Å². The van der Waals surface area contributed by atoms with Crippen LogP contribution in [0.5, 0.6) is 11.5 Å². The van der Waals surface area contributed by atoms with Crippen LogP contribution in [0.2, 0.25) is 0 Å². The van der Waals surface area contributed by atoms with Crippen molar-refractivity contribution in [2.45, 2.75) is 18.9 Å². The summed E-state index contributed by atoms with van der Waals surface area (Å²) in [6, 6.07) is 12.6. The smallest absolute Gasteiger partial charge is 0.274 e. The second-order valence-electron chi connectivity index (χ2n) is 6.30. The van der Waals surface area contributed by atoms with Crippen LogP contribution >= 0.6 is 0 Å². The van der Waals surface area contributed by atoms with Gasteiger partial charge in [0.2, 0.25) is 0 Å². The number of carbonyl (C=O) groups is 2. The molecule has 0 aliphatic carbocycles. The van der Waals surface area contributed by atoms with Crippen LogP contribution in [0.25, 0.3) is 0 Å². The van der Waals surface area contributed by atoms with Crippen molar-refractivity contribution in [1.29, 1.82) is 0 Å². The first-order chi connectivity index (χ1) is 12.7. The van der Waals surface area contributed by atoms with Gasteiger partial charge >= 0.3 is 0 Å². The largest absolute Gasteiger partial charge is 0.488 e. The predicted molar refractivity (Wildman–Crippen MR) is 92.7 cm³/mol. The molecule has 134 valence electrons. The zero-order valence-corrected chi connectivity index (χ0v) is 14.0. The molecule has 7 nitrogen and oxygen atoms in total. The summed E-state index contributed by atoms with van der Waals surface area (Å²) in [6.07, 6.45) is 1.54. The lowest BCUT2D eigenvalue weighted by Gasteiger charge is -2.34. The minimum absolute atomic E-state index is 0.0537. The Labute approximate surface area is 150 Å². The molecule has 4 rings (SSSR count). The lowest BCUT2D eigenvalue weighted by atomic mass is 10.0. The molecule has 0 spiro atoms. The summed E-state index contributed by atoms with van der Waals surface area (Å²) >= 11 is 0. The number of carbonyl (C=O) groups excluding carboxylic acids is 2. The molecule has 2 amide bonds. The van der Waals surface area contributed by atoms with Gasteiger partial charge in [-0.2, -0.15) is 0 Å². The molecule has 0 bridgehead atoms. The molecule has 0 unspecified atom stereocenters. The van der Waals surface area contributed by atoms with Gasteiger partial charge in [-0.05, 0) is 42.7 Å². The SMILES string of the molecule is O=C(NO)c1ccc2c(c1)N(C[C@H]1CCc3ccccc3O1)C(=O)CO2. The number of hydrogen-bond acceptors (Lipinski definition) is 5. The number of benzene rings is 2. The molecule has 2 aromatic carbocycles. The van der Waals surface area contributed by atoms with Gasteiger partial charge in [0, 0.05) is 5.56 Å². The van der Waals surface area contributed by atoms with Crippen LogP contribution in [-0.4, -0.2) is 36.3 Å². The normalized spacial score (nSPS) is 18.3. The standard InChI is InChI=1S/C19H18N2O5/c22-18-11-25-17-8-6-13(19(23)20-24)9-15(17)21(18)10-14-7-5-12-3-1-2-4-16(12)26-14/h1-4,6,8-9,14,24H,5,7,10-11H2,(H,20,23)/t14-/m1/s1. The van der Waals surface area contributed by atoms with E-state index in [1.165, 1.54) is 17.7 Å². The van der Waals surface area contributed by atoms with Gasteiger partial charge in [0.05, 0.1) is 12.2 Å². The second kappa shape index (κ2) is 6.68. The van der Waals surface area contributed by atoms with E-state index in [0.29, 0.717) is 18.0 Å². The molecular formula is C19H18N2O5. The Morgan fingerprint density at radius 1 is 1.23 bits per heavy atom. The van der Waals surface area contributed by atoms with Crippen molar-refractivity contribution in [2.75, 3.05) is 18.1 Å².